The summed E-state index contributed by atoms with van der Waals surface area (Å²) in [6.45, 7) is 2.67. The molecule has 29 heavy (non-hydrogen) atoms. The fourth-order valence-electron chi connectivity index (χ4n) is 3.64. The Hall–Kier alpha value is -2.15. The molecule has 0 spiro atoms. The van der Waals surface area contributed by atoms with E-state index in [1.165, 1.54) is 0 Å². The molecule has 2 aromatic heterocycles. The third-order valence-corrected chi connectivity index (χ3v) is 5.60. The zero-order valence-electron chi connectivity index (χ0n) is 16.3. The molecular formula is C21H22Cl2N4O2. The van der Waals surface area contributed by atoms with Crippen molar-refractivity contribution in [2.45, 2.75) is 38.5 Å². The number of aliphatic imine (C=N–C) groups is 1. The van der Waals surface area contributed by atoms with E-state index < -0.39 is 0 Å². The van der Waals surface area contributed by atoms with Crippen molar-refractivity contribution in [3.05, 3.63) is 51.9 Å². The van der Waals surface area contributed by atoms with Gasteiger partial charge in [0.2, 0.25) is 0 Å². The molecular weight excluding hydrogens is 411 g/mol. The second-order valence-electron chi connectivity index (χ2n) is 6.99. The summed E-state index contributed by atoms with van der Waals surface area (Å²) in [7, 11) is 1.73. The van der Waals surface area contributed by atoms with Gasteiger partial charge in [-0.05, 0) is 44.4 Å². The molecule has 4 rings (SSSR count). The molecule has 0 aliphatic carbocycles. The van der Waals surface area contributed by atoms with Crippen LogP contribution < -0.4 is 4.74 Å². The number of halogens is 2. The van der Waals surface area contributed by atoms with Gasteiger partial charge >= 0.3 is 0 Å². The molecule has 1 aliphatic rings. The Morgan fingerprint density at radius 2 is 2.07 bits per heavy atom. The lowest BCUT2D eigenvalue weighted by atomic mass is 10.1. The summed E-state index contributed by atoms with van der Waals surface area (Å²) in [6.07, 6.45) is 7.68. The van der Waals surface area contributed by atoms with E-state index >= 15 is 0 Å². The van der Waals surface area contributed by atoms with Gasteiger partial charge in [0.15, 0.2) is 6.23 Å². The number of nitrogens with zero attached hydrogens (tertiary/aromatic N) is 4. The Labute approximate surface area is 179 Å². The third kappa shape index (κ3) is 4.10. The summed E-state index contributed by atoms with van der Waals surface area (Å²) in [5.74, 6) is 0.698. The second kappa shape index (κ2) is 8.69. The lowest BCUT2D eigenvalue weighted by Gasteiger charge is -2.23. The van der Waals surface area contributed by atoms with Gasteiger partial charge in [-0.2, -0.15) is 5.10 Å². The highest BCUT2D eigenvalue weighted by atomic mass is 35.5. The maximum Gasteiger partial charge on any atom is 0.150 e. The molecule has 0 saturated carbocycles. The van der Waals surface area contributed by atoms with Crippen molar-refractivity contribution in [2.75, 3.05) is 13.7 Å². The minimum absolute atomic E-state index is 0.0506. The monoisotopic (exact) mass is 432 g/mol. The second-order valence-corrected chi connectivity index (χ2v) is 7.81. The number of benzene rings is 1. The van der Waals surface area contributed by atoms with Gasteiger partial charge in [0.1, 0.15) is 17.5 Å². The first kappa shape index (κ1) is 20.1. The molecule has 0 radical (unpaired) electrons. The Balaban J connectivity index is 1.69. The van der Waals surface area contributed by atoms with Gasteiger partial charge in [0.05, 0.1) is 15.6 Å². The smallest absolute Gasteiger partial charge is 0.150 e. The van der Waals surface area contributed by atoms with Crippen LogP contribution in [0.4, 0.5) is 0 Å². The Morgan fingerprint density at radius 1 is 1.28 bits per heavy atom. The standard InChI is InChI=1S/C21H22Cl2N4O2/c1-13(21-16(22)10-25-11-17(21)23)29-14-6-7-19-15(9-14)18(12-24-2)26-27(19)20-5-3-4-8-28-20/h6-7,9-13,20H,3-5,8H2,1-2H3/b24-12+. The molecule has 0 N–H and O–H groups in total. The number of fused-ring (bicyclic) bond motifs is 1. The van der Waals surface area contributed by atoms with Crippen molar-refractivity contribution in [1.82, 2.24) is 14.8 Å². The topological polar surface area (TPSA) is 61.5 Å². The summed E-state index contributed by atoms with van der Waals surface area (Å²) >= 11 is 12.5. The van der Waals surface area contributed by atoms with Gasteiger partial charge in [-0.15, -0.1) is 0 Å². The Kier molecular flexibility index (Phi) is 6.04. The van der Waals surface area contributed by atoms with Crippen LogP contribution in [0.1, 0.15) is 49.8 Å². The molecule has 1 aromatic carbocycles. The summed E-state index contributed by atoms with van der Waals surface area (Å²) in [5.41, 5.74) is 2.49. The zero-order chi connectivity index (χ0) is 20.4. The molecule has 6 nitrogen and oxygen atoms in total. The third-order valence-electron chi connectivity index (χ3n) is 5.00. The van der Waals surface area contributed by atoms with Gasteiger partial charge in [0, 0.05) is 43.2 Å². The summed E-state index contributed by atoms with van der Waals surface area (Å²) in [4.78, 5) is 8.15. The van der Waals surface area contributed by atoms with Gasteiger partial charge in [0.25, 0.3) is 0 Å². The number of ether oxygens (including phenoxy) is 2. The molecule has 8 heteroatoms. The van der Waals surface area contributed by atoms with Gasteiger partial charge < -0.3 is 9.47 Å². The lowest BCUT2D eigenvalue weighted by Crippen LogP contribution is -2.19. The number of hydrogen-bond acceptors (Lipinski definition) is 5. The van der Waals surface area contributed by atoms with Crippen LogP contribution in [0.3, 0.4) is 0 Å². The van der Waals surface area contributed by atoms with Crippen molar-refractivity contribution in [2.24, 2.45) is 4.99 Å². The van der Waals surface area contributed by atoms with Crippen LogP contribution >= 0.6 is 23.2 Å². The first-order valence-corrected chi connectivity index (χ1v) is 10.4. The van der Waals surface area contributed by atoms with Crippen molar-refractivity contribution >= 4 is 40.3 Å². The van der Waals surface area contributed by atoms with Crippen LogP contribution in [-0.2, 0) is 4.74 Å². The first-order chi connectivity index (χ1) is 14.1. The van der Waals surface area contributed by atoms with Gasteiger partial charge in [-0.25, -0.2) is 4.68 Å². The summed E-state index contributed by atoms with van der Waals surface area (Å²) < 4.78 is 14.0. The predicted octanol–water partition coefficient (Wildman–Crippen LogP) is 5.63. The summed E-state index contributed by atoms with van der Waals surface area (Å²) in [5, 5.41) is 6.66. The fraction of sp³-hybridized carbons (Fsp3) is 0.381. The molecule has 1 saturated heterocycles. The van der Waals surface area contributed by atoms with Crippen molar-refractivity contribution in [1.29, 1.82) is 0 Å². The van der Waals surface area contributed by atoms with Crippen molar-refractivity contribution in [3.8, 4) is 5.75 Å². The maximum absolute atomic E-state index is 6.27. The highest BCUT2D eigenvalue weighted by Gasteiger charge is 2.22. The van der Waals surface area contributed by atoms with E-state index in [-0.39, 0.29) is 12.3 Å². The number of rotatable bonds is 5. The maximum atomic E-state index is 6.27. The molecule has 0 amide bonds. The average molecular weight is 433 g/mol. The van der Waals surface area contributed by atoms with E-state index in [0.717, 1.165) is 42.5 Å². The number of aromatic nitrogens is 3. The van der Waals surface area contributed by atoms with Crippen LogP contribution in [0.2, 0.25) is 10.0 Å². The minimum Gasteiger partial charge on any atom is -0.486 e. The van der Waals surface area contributed by atoms with E-state index in [2.05, 4.69) is 9.98 Å². The SMILES string of the molecule is C/N=C/c1nn(C2CCCCO2)c2ccc(OC(C)c3c(Cl)cncc3Cl)cc12. The van der Waals surface area contributed by atoms with Crippen LogP contribution in [0.5, 0.6) is 5.75 Å². The largest absolute Gasteiger partial charge is 0.486 e. The quantitative estimate of drug-likeness (QED) is 0.490. The Bertz CT molecular complexity index is 1020. The molecule has 3 heterocycles. The molecule has 1 aliphatic heterocycles. The molecule has 0 bridgehead atoms. The van der Waals surface area contributed by atoms with E-state index in [9.17, 15) is 0 Å². The molecule has 152 valence electrons. The number of hydrogen-bond donors (Lipinski definition) is 0. The normalized spacial score (nSPS) is 18.4. The van der Waals surface area contributed by atoms with E-state index in [1.54, 1.807) is 25.7 Å². The molecule has 3 aromatic rings. The minimum atomic E-state index is -0.338. The van der Waals surface area contributed by atoms with Crippen LogP contribution in [-0.4, -0.2) is 34.6 Å². The molecule has 2 unspecified atom stereocenters. The highest BCUT2D eigenvalue weighted by molar-refractivity contribution is 6.35. The fourth-order valence-corrected chi connectivity index (χ4v) is 4.32. The number of pyridine rings is 1. The van der Waals surface area contributed by atoms with Crippen LogP contribution in [0.25, 0.3) is 10.9 Å². The van der Waals surface area contributed by atoms with Crippen molar-refractivity contribution in [3.63, 3.8) is 0 Å². The van der Waals surface area contributed by atoms with Gasteiger partial charge in [-0.1, -0.05) is 23.2 Å². The predicted molar refractivity (Wildman–Crippen MR) is 115 cm³/mol. The zero-order valence-corrected chi connectivity index (χ0v) is 17.8. The molecule has 2 atom stereocenters. The van der Waals surface area contributed by atoms with E-state index in [0.29, 0.717) is 21.4 Å². The van der Waals surface area contributed by atoms with Crippen LogP contribution in [0, 0.1) is 0 Å². The van der Waals surface area contributed by atoms with E-state index in [4.69, 9.17) is 37.8 Å². The Morgan fingerprint density at radius 3 is 2.76 bits per heavy atom. The lowest BCUT2D eigenvalue weighted by molar-refractivity contribution is -0.0367. The molecule has 1 fully saturated rings. The summed E-state index contributed by atoms with van der Waals surface area (Å²) in [6, 6.07) is 5.90. The highest BCUT2D eigenvalue weighted by Crippen LogP contribution is 2.34. The van der Waals surface area contributed by atoms with Gasteiger partial charge in [-0.3, -0.25) is 9.98 Å². The van der Waals surface area contributed by atoms with Crippen LogP contribution in [0.15, 0.2) is 35.6 Å². The van der Waals surface area contributed by atoms with E-state index in [1.807, 2.05) is 29.8 Å². The first-order valence-electron chi connectivity index (χ1n) is 9.60. The van der Waals surface area contributed by atoms with Crippen molar-refractivity contribution < 1.29 is 9.47 Å². The average Bonchev–Trinajstić information content (AvgIpc) is 3.07.